The molecular weight excluding hydrogens is 248 g/mol. The lowest BCUT2D eigenvalue weighted by molar-refractivity contribution is -0.139. The summed E-state index contributed by atoms with van der Waals surface area (Å²) in [4.78, 5) is 6.98. The number of alkyl halides is 3. The van der Waals surface area contributed by atoms with Crippen molar-refractivity contribution in [3.63, 3.8) is 0 Å². The van der Waals surface area contributed by atoms with Gasteiger partial charge in [0.25, 0.3) is 0 Å². The van der Waals surface area contributed by atoms with Gasteiger partial charge >= 0.3 is 6.18 Å². The Kier molecular flexibility index (Phi) is 2.46. The molecule has 0 aliphatic rings. The minimum atomic E-state index is -4.75. The summed E-state index contributed by atoms with van der Waals surface area (Å²) in [5.41, 5.74) is -1.80. The van der Waals surface area contributed by atoms with Crippen molar-refractivity contribution in [2.24, 2.45) is 0 Å². The highest BCUT2D eigenvalue weighted by Gasteiger charge is 2.35. The van der Waals surface area contributed by atoms with Crippen LogP contribution in [0.15, 0.2) is 18.3 Å². The second kappa shape index (κ2) is 3.55. The summed E-state index contributed by atoms with van der Waals surface area (Å²) in [5, 5.41) is -0.138. The molecule has 0 aliphatic carbocycles. The highest BCUT2D eigenvalue weighted by molar-refractivity contribution is 6.28. The minimum Gasteiger partial charge on any atom is -0.226 e. The summed E-state index contributed by atoms with van der Waals surface area (Å²) in [5.74, 6) is -1.44. The predicted octanol–water partition coefficient (Wildman–Crippen LogP) is 3.44. The van der Waals surface area contributed by atoms with Gasteiger partial charge in [-0.05, 0) is 17.7 Å². The summed E-state index contributed by atoms with van der Waals surface area (Å²) in [6, 6.07) is 1.74. The number of nitrogens with zero attached hydrogens (tertiary/aromatic N) is 2. The zero-order valence-electron chi connectivity index (χ0n) is 7.52. The molecule has 0 fully saturated rings. The molecule has 0 unspecified atom stereocenters. The van der Waals surface area contributed by atoms with Gasteiger partial charge in [0.2, 0.25) is 5.28 Å². The van der Waals surface area contributed by atoms with E-state index in [4.69, 9.17) is 11.6 Å². The predicted molar refractivity (Wildman–Crippen MR) is 49.5 cm³/mol. The van der Waals surface area contributed by atoms with E-state index < -0.39 is 23.1 Å². The minimum absolute atomic E-state index is 0.162. The zero-order valence-corrected chi connectivity index (χ0v) is 8.27. The average molecular weight is 251 g/mol. The standard InChI is InChI=1S/C9H3ClF4N2/c10-8-15-3-4-1-2-5(9(12,13)14)6(11)7(4)16-8/h1-3H. The second-order valence-corrected chi connectivity index (χ2v) is 3.34. The van der Waals surface area contributed by atoms with E-state index >= 15 is 0 Å². The number of fused-ring (bicyclic) bond motifs is 1. The fourth-order valence-corrected chi connectivity index (χ4v) is 1.39. The molecule has 2 nitrogen and oxygen atoms in total. The maximum Gasteiger partial charge on any atom is 0.419 e. The van der Waals surface area contributed by atoms with Crippen molar-refractivity contribution in [1.29, 1.82) is 0 Å². The first-order valence-electron chi connectivity index (χ1n) is 4.07. The Labute approximate surface area is 91.9 Å². The maximum atomic E-state index is 13.5. The van der Waals surface area contributed by atoms with Crippen LogP contribution >= 0.6 is 11.6 Å². The number of aromatic nitrogens is 2. The van der Waals surface area contributed by atoms with Gasteiger partial charge in [0.15, 0.2) is 5.82 Å². The molecule has 0 spiro atoms. The van der Waals surface area contributed by atoms with Crippen LogP contribution in [0.4, 0.5) is 17.6 Å². The van der Waals surface area contributed by atoms with Crippen LogP contribution in [0.1, 0.15) is 5.56 Å². The number of rotatable bonds is 0. The molecule has 2 rings (SSSR count). The van der Waals surface area contributed by atoms with Crippen molar-refractivity contribution in [3.8, 4) is 0 Å². The van der Waals surface area contributed by atoms with Crippen LogP contribution in [0, 0.1) is 5.82 Å². The van der Waals surface area contributed by atoms with Gasteiger partial charge in [0.1, 0.15) is 5.52 Å². The fourth-order valence-electron chi connectivity index (χ4n) is 1.26. The first-order chi connectivity index (χ1) is 7.39. The van der Waals surface area contributed by atoms with E-state index in [1.54, 1.807) is 0 Å². The monoisotopic (exact) mass is 250 g/mol. The van der Waals surface area contributed by atoms with Crippen molar-refractivity contribution in [2.45, 2.75) is 6.18 Å². The summed E-state index contributed by atoms with van der Waals surface area (Å²) >= 11 is 5.39. The molecule has 84 valence electrons. The lowest BCUT2D eigenvalue weighted by Gasteiger charge is -2.08. The van der Waals surface area contributed by atoms with Crippen molar-refractivity contribution in [2.75, 3.05) is 0 Å². The highest BCUT2D eigenvalue weighted by Crippen LogP contribution is 2.33. The summed E-state index contributed by atoms with van der Waals surface area (Å²) in [7, 11) is 0. The second-order valence-electron chi connectivity index (χ2n) is 3.00. The smallest absolute Gasteiger partial charge is 0.226 e. The number of hydrogen-bond donors (Lipinski definition) is 0. The molecule has 1 aromatic carbocycles. The molecule has 0 saturated heterocycles. The third-order valence-corrected chi connectivity index (χ3v) is 2.15. The molecule has 0 aliphatic heterocycles. The van der Waals surface area contributed by atoms with Gasteiger partial charge in [0, 0.05) is 11.6 Å². The molecule has 16 heavy (non-hydrogen) atoms. The quantitative estimate of drug-likeness (QED) is 0.529. The Morgan fingerprint density at radius 1 is 1.19 bits per heavy atom. The topological polar surface area (TPSA) is 25.8 Å². The van der Waals surface area contributed by atoms with Gasteiger partial charge in [-0.3, -0.25) is 0 Å². The SMILES string of the molecule is Fc1c(C(F)(F)F)ccc2cnc(Cl)nc12. The number of hydrogen-bond acceptors (Lipinski definition) is 2. The molecule has 0 atom stereocenters. The van der Waals surface area contributed by atoms with Crippen LogP contribution in [0.3, 0.4) is 0 Å². The largest absolute Gasteiger partial charge is 0.419 e. The van der Waals surface area contributed by atoms with Crippen molar-refractivity contribution < 1.29 is 17.6 Å². The molecule has 1 heterocycles. The molecule has 1 aromatic heterocycles. The van der Waals surface area contributed by atoms with Gasteiger partial charge in [-0.15, -0.1) is 0 Å². The highest BCUT2D eigenvalue weighted by atomic mass is 35.5. The van der Waals surface area contributed by atoms with Crippen molar-refractivity contribution >= 4 is 22.5 Å². The maximum absolute atomic E-state index is 13.5. The van der Waals surface area contributed by atoms with Gasteiger partial charge in [0.05, 0.1) is 5.56 Å². The summed E-state index contributed by atoms with van der Waals surface area (Å²) < 4.78 is 50.6. The molecule has 7 heteroatoms. The Bertz CT molecular complexity index is 553. The first-order valence-corrected chi connectivity index (χ1v) is 4.45. The van der Waals surface area contributed by atoms with Gasteiger partial charge in [-0.2, -0.15) is 13.2 Å². The zero-order chi connectivity index (χ0) is 11.9. The van der Waals surface area contributed by atoms with E-state index in [1.807, 2.05) is 0 Å². The van der Waals surface area contributed by atoms with Crippen LogP contribution in [-0.2, 0) is 6.18 Å². The Balaban J connectivity index is 2.78. The third kappa shape index (κ3) is 1.80. The van der Waals surface area contributed by atoms with E-state index in [0.717, 1.165) is 12.3 Å². The van der Waals surface area contributed by atoms with E-state index in [2.05, 4.69) is 9.97 Å². The van der Waals surface area contributed by atoms with E-state index in [1.165, 1.54) is 0 Å². The van der Waals surface area contributed by atoms with Crippen molar-refractivity contribution in [3.05, 3.63) is 35.0 Å². The normalized spacial score (nSPS) is 12.1. The Morgan fingerprint density at radius 2 is 1.88 bits per heavy atom. The van der Waals surface area contributed by atoms with Crippen LogP contribution in [0.2, 0.25) is 5.28 Å². The van der Waals surface area contributed by atoms with Crippen LogP contribution in [0.5, 0.6) is 0 Å². The van der Waals surface area contributed by atoms with Crippen LogP contribution in [0.25, 0.3) is 10.9 Å². The third-order valence-electron chi connectivity index (χ3n) is 1.97. The fraction of sp³-hybridized carbons (Fsp3) is 0.111. The Hall–Kier alpha value is -1.43. The van der Waals surface area contributed by atoms with Crippen LogP contribution in [-0.4, -0.2) is 9.97 Å². The van der Waals surface area contributed by atoms with Gasteiger partial charge in [-0.1, -0.05) is 6.07 Å². The van der Waals surface area contributed by atoms with E-state index in [-0.39, 0.29) is 10.7 Å². The molecule has 2 aromatic rings. The number of benzene rings is 1. The molecule has 0 bridgehead atoms. The molecule has 0 radical (unpaired) electrons. The molecule has 0 N–H and O–H groups in total. The first kappa shape index (κ1) is 11.1. The van der Waals surface area contributed by atoms with Crippen LogP contribution < -0.4 is 0 Å². The summed E-state index contributed by atoms with van der Waals surface area (Å²) in [6.07, 6.45) is -3.59. The lowest BCUT2D eigenvalue weighted by atomic mass is 10.1. The molecule has 0 saturated carbocycles. The lowest BCUT2D eigenvalue weighted by Crippen LogP contribution is -2.08. The van der Waals surface area contributed by atoms with Gasteiger partial charge in [-0.25, -0.2) is 14.4 Å². The number of halogens is 5. The van der Waals surface area contributed by atoms with Crippen molar-refractivity contribution in [1.82, 2.24) is 9.97 Å². The molecule has 0 amide bonds. The van der Waals surface area contributed by atoms with Gasteiger partial charge < -0.3 is 0 Å². The molecular formula is C9H3ClF4N2. The average Bonchev–Trinajstić information content (AvgIpc) is 2.17. The Morgan fingerprint density at radius 3 is 2.50 bits per heavy atom. The summed E-state index contributed by atoms with van der Waals surface area (Å²) in [6.45, 7) is 0. The van der Waals surface area contributed by atoms with E-state index in [9.17, 15) is 17.6 Å². The van der Waals surface area contributed by atoms with E-state index in [0.29, 0.717) is 6.07 Å².